The molecule has 0 spiro atoms. The van der Waals surface area contributed by atoms with E-state index >= 15 is 0 Å². The highest BCUT2D eigenvalue weighted by Gasteiger charge is 2.68. The molecule has 0 radical (unpaired) electrons. The second kappa shape index (κ2) is 5.77. The average Bonchev–Trinajstić information content (AvgIpc) is 2.23. The lowest BCUT2D eigenvalue weighted by atomic mass is 9.97. The summed E-state index contributed by atoms with van der Waals surface area (Å²) < 4.78 is 129. The van der Waals surface area contributed by atoms with Crippen molar-refractivity contribution in [3.05, 3.63) is 0 Å². The van der Waals surface area contributed by atoms with Crippen LogP contribution in [0.15, 0.2) is 0 Å². The van der Waals surface area contributed by atoms with E-state index in [1.165, 1.54) is 0 Å². The SMILES string of the molecule is C=S(=O)(NS(=C)(=O)C(C)(F)C(C)(F)C(C)(F)S(C)(=O)=O)C(F)(F)F. The average molecular weight is 425 g/mol. The lowest BCUT2D eigenvalue weighted by Crippen LogP contribution is -2.65. The molecule has 0 aromatic heterocycles. The summed E-state index contributed by atoms with van der Waals surface area (Å²) in [7, 11) is -15.5. The Labute approximate surface area is 137 Å². The molecule has 24 heavy (non-hydrogen) atoms. The number of alkyl halides is 6. The lowest BCUT2D eigenvalue weighted by molar-refractivity contribution is -0.0407. The van der Waals surface area contributed by atoms with Crippen molar-refractivity contribution in [2.75, 3.05) is 6.26 Å². The van der Waals surface area contributed by atoms with Crippen molar-refractivity contribution in [2.45, 2.75) is 41.9 Å². The maximum absolute atomic E-state index is 14.8. The van der Waals surface area contributed by atoms with Gasteiger partial charge in [0.1, 0.15) is 9.71 Å². The van der Waals surface area contributed by atoms with Gasteiger partial charge >= 0.3 is 5.51 Å². The van der Waals surface area contributed by atoms with Gasteiger partial charge in [0.25, 0.3) is 0 Å². The van der Waals surface area contributed by atoms with Crippen molar-refractivity contribution in [2.24, 2.45) is 0 Å². The van der Waals surface area contributed by atoms with Crippen LogP contribution in [0.25, 0.3) is 0 Å². The van der Waals surface area contributed by atoms with E-state index in [4.69, 9.17) is 0 Å². The van der Waals surface area contributed by atoms with Gasteiger partial charge in [0.05, 0.1) is 9.71 Å². The molecular weight excluding hydrogens is 408 g/mol. The first-order chi connectivity index (χ1) is 9.96. The fourth-order valence-electron chi connectivity index (χ4n) is 1.40. The molecular formula is C10H17F6NO4S3. The van der Waals surface area contributed by atoms with Crippen LogP contribution >= 0.6 is 0 Å². The second-order valence-electron chi connectivity index (χ2n) is 5.49. The standard InChI is InChI=1S/C10H17F6NO4S3/c1-7(11,9(3,13)24(6,20)21)8(2,12)22(4,18)17-23(5,19)10(14,15)16/h4-5H2,1-3,6H3,(H,17,18,19). The number of sulfone groups is 1. The second-order valence-corrected chi connectivity index (χ2v) is 12.4. The molecule has 0 amide bonds. The van der Waals surface area contributed by atoms with Crippen LogP contribution in [0.4, 0.5) is 26.3 Å². The van der Waals surface area contributed by atoms with E-state index in [-0.39, 0.29) is 27.0 Å². The van der Waals surface area contributed by atoms with Crippen molar-refractivity contribution >= 4 is 41.0 Å². The van der Waals surface area contributed by atoms with Crippen LogP contribution in [-0.4, -0.2) is 56.0 Å². The molecule has 0 rings (SSSR count). The molecule has 0 aliphatic rings. The van der Waals surface area contributed by atoms with Gasteiger partial charge in [0.2, 0.25) is 15.7 Å². The van der Waals surface area contributed by atoms with Crippen LogP contribution in [-0.2, 0) is 29.3 Å². The summed E-state index contributed by atoms with van der Waals surface area (Å²) in [4.78, 5) is 0. The molecule has 5 nitrogen and oxygen atoms in total. The van der Waals surface area contributed by atoms with E-state index < -0.39 is 50.4 Å². The Kier molecular flexibility index (Phi) is 5.66. The van der Waals surface area contributed by atoms with Crippen LogP contribution in [0.5, 0.6) is 0 Å². The molecule has 14 heteroatoms. The zero-order valence-electron chi connectivity index (χ0n) is 13.0. The van der Waals surface area contributed by atoms with E-state index in [0.717, 1.165) is 4.13 Å². The molecule has 0 heterocycles. The summed E-state index contributed by atoms with van der Waals surface area (Å²) in [6.45, 7) is 0.213. The van der Waals surface area contributed by atoms with Crippen molar-refractivity contribution < 1.29 is 43.2 Å². The Hall–Kier alpha value is -0.470. The predicted molar refractivity (Wildman–Crippen MR) is 83.1 cm³/mol. The molecule has 146 valence electrons. The molecule has 0 fully saturated rings. The third kappa shape index (κ3) is 3.55. The summed E-state index contributed by atoms with van der Waals surface area (Å²) in [6.07, 6.45) is 0.208. The number of nitrogens with one attached hydrogen (secondary N) is 1. The summed E-state index contributed by atoms with van der Waals surface area (Å²) in [5.41, 5.74) is -9.74. The highest BCUT2D eigenvalue weighted by molar-refractivity contribution is 8.14. The van der Waals surface area contributed by atoms with Crippen molar-refractivity contribution in [1.29, 1.82) is 0 Å². The minimum absolute atomic E-state index is 0.0459. The van der Waals surface area contributed by atoms with Gasteiger partial charge in [0.15, 0.2) is 9.84 Å². The monoisotopic (exact) mass is 425 g/mol. The van der Waals surface area contributed by atoms with Gasteiger partial charge in [0, 0.05) is 6.26 Å². The smallest absolute Gasteiger partial charge is 0.249 e. The number of rotatable bonds is 6. The van der Waals surface area contributed by atoms with Gasteiger partial charge in [-0.3, -0.25) is 0 Å². The first-order valence-corrected chi connectivity index (χ1v) is 11.2. The van der Waals surface area contributed by atoms with Gasteiger partial charge in [-0.1, -0.05) is 0 Å². The molecule has 0 bridgehead atoms. The van der Waals surface area contributed by atoms with Crippen LogP contribution < -0.4 is 4.13 Å². The fourth-order valence-corrected chi connectivity index (χ4v) is 5.91. The molecule has 5 atom stereocenters. The quantitative estimate of drug-likeness (QED) is 0.517. The molecule has 0 saturated carbocycles. The van der Waals surface area contributed by atoms with Gasteiger partial charge in [-0.2, -0.15) is 17.3 Å². The zero-order valence-corrected chi connectivity index (χ0v) is 15.5. The van der Waals surface area contributed by atoms with Crippen molar-refractivity contribution in [3.8, 4) is 0 Å². The summed E-state index contributed by atoms with van der Waals surface area (Å²) in [5, 5.41) is -8.12. The van der Waals surface area contributed by atoms with Crippen LogP contribution in [0.1, 0.15) is 20.8 Å². The van der Waals surface area contributed by atoms with E-state index in [9.17, 15) is 43.2 Å². The molecule has 0 saturated heterocycles. The third-order valence-corrected chi connectivity index (χ3v) is 9.94. The Bertz CT molecular complexity index is 807. The number of hydrogen-bond acceptors (Lipinski definition) is 4. The molecule has 0 aromatic carbocycles. The van der Waals surface area contributed by atoms with Gasteiger partial charge in [-0.15, -0.1) is 0 Å². The summed E-state index contributed by atoms with van der Waals surface area (Å²) in [6, 6.07) is 0. The maximum atomic E-state index is 14.8. The maximum Gasteiger partial charge on any atom is 0.477 e. The highest BCUT2D eigenvalue weighted by atomic mass is 32.3. The van der Waals surface area contributed by atoms with Crippen LogP contribution in [0.2, 0.25) is 0 Å². The topological polar surface area (TPSA) is 80.3 Å². The van der Waals surface area contributed by atoms with Crippen molar-refractivity contribution in [1.82, 2.24) is 4.13 Å². The van der Waals surface area contributed by atoms with E-state index in [1.54, 1.807) is 0 Å². The Morgan fingerprint density at radius 2 is 1.08 bits per heavy atom. The number of hydrogen-bond donors (Lipinski definition) is 1. The summed E-state index contributed by atoms with van der Waals surface area (Å²) in [5.74, 6) is 4.73. The van der Waals surface area contributed by atoms with Crippen molar-refractivity contribution in [3.63, 3.8) is 0 Å². The Morgan fingerprint density at radius 3 is 1.33 bits per heavy atom. The Morgan fingerprint density at radius 1 is 0.750 bits per heavy atom. The first kappa shape index (κ1) is 23.5. The molecule has 0 aliphatic heterocycles. The van der Waals surface area contributed by atoms with Crippen LogP contribution in [0, 0.1) is 0 Å². The fraction of sp³-hybridized carbons (Fsp3) is 0.800. The molecule has 0 aromatic rings. The Balaban J connectivity index is 6.36. The number of halogens is 6. The summed E-state index contributed by atoms with van der Waals surface area (Å²) >= 11 is 0. The van der Waals surface area contributed by atoms with E-state index in [2.05, 4.69) is 11.7 Å². The predicted octanol–water partition coefficient (Wildman–Crippen LogP) is 1.50. The van der Waals surface area contributed by atoms with Crippen LogP contribution in [0.3, 0.4) is 0 Å². The highest BCUT2D eigenvalue weighted by Crippen LogP contribution is 2.47. The third-order valence-electron chi connectivity index (χ3n) is 3.64. The lowest BCUT2D eigenvalue weighted by Gasteiger charge is -2.42. The molecule has 1 N–H and O–H groups in total. The molecule has 5 unspecified atom stereocenters. The normalized spacial score (nSPS) is 26.2. The van der Waals surface area contributed by atoms with E-state index in [1.807, 2.05) is 0 Å². The van der Waals surface area contributed by atoms with Gasteiger partial charge < -0.3 is 0 Å². The minimum atomic E-state index is -5.61. The molecule has 0 aliphatic carbocycles. The van der Waals surface area contributed by atoms with Gasteiger partial charge in [-0.05, 0) is 32.5 Å². The van der Waals surface area contributed by atoms with Gasteiger partial charge in [-0.25, -0.2) is 30.0 Å². The largest absolute Gasteiger partial charge is 0.477 e. The zero-order chi connectivity index (χ0) is 20.2. The minimum Gasteiger partial charge on any atom is -0.249 e. The first-order valence-electron chi connectivity index (χ1n) is 5.81. The van der Waals surface area contributed by atoms with E-state index in [0.29, 0.717) is 0 Å².